The van der Waals surface area contributed by atoms with Crippen LogP contribution in [0.1, 0.15) is 30.5 Å². The van der Waals surface area contributed by atoms with Crippen LogP contribution in [0.15, 0.2) is 71.4 Å². The number of carbonyl (C=O) groups excluding carboxylic acids is 2. The van der Waals surface area contributed by atoms with Gasteiger partial charge in [-0.3, -0.25) is 9.59 Å². The molecular weight excluding hydrogens is 440 g/mol. The summed E-state index contributed by atoms with van der Waals surface area (Å²) in [6, 6.07) is 17.2. The van der Waals surface area contributed by atoms with Gasteiger partial charge < -0.3 is 19.8 Å². The van der Waals surface area contributed by atoms with Crippen LogP contribution >= 0.6 is 0 Å². The molecule has 0 aliphatic carbocycles. The molecule has 6 heteroatoms. The summed E-state index contributed by atoms with van der Waals surface area (Å²) >= 11 is 0. The largest absolute Gasteiger partial charge is 0.496 e. The maximum absolute atomic E-state index is 12.8. The highest BCUT2D eigenvalue weighted by atomic mass is 16.5. The number of ether oxygens (including phenoxy) is 1. The first kappa shape index (κ1) is 23.8. The van der Waals surface area contributed by atoms with Crippen LogP contribution in [0.25, 0.3) is 27.7 Å². The minimum absolute atomic E-state index is 0.175. The molecule has 1 aromatic heterocycles. The summed E-state index contributed by atoms with van der Waals surface area (Å²) in [5.74, 6) is 0.158. The number of nitrogens with one attached hydrogen (secondary N) is 2. The van der Waals surface area contributed by atoms with Crippen LogP contribution in [0.5, 0.6) is 5.75 Å². The molecule has 178 valence electrons. The number of hydrogen-bond donors (Lipinski definition) is 2. The minimum Gasteiger partial charge on any atom is -0.496 e. The smallest absolute Gasteiger partial charge is 0.248 e. The summed E-state index contributed by atoms with van der Waals surface area (Å²) < 4.78 is 11.5. The Morgan fingerprint density at radius 1 is 0.914 bits per heavy atom. The Morgan fingerprint density at radius 3 is 2.34 bits per heavy atom. The molecule has 4 rings (SSSR count). The first-order valence-electron chi connectivity index (χ1n) is 11.3. The molecule has 6 nitrogen and oxygen atoms in total. The Bertz CT molecular complexity index is 1460. The summed E-state index contributed by atoms with van der Waals surface area (Å²) in [5, 5.41) is 6.51. The van der Waals surface area contributed by atoms with Crippen LogP contribution in [-0.4, -0.2) is 18.9 Å². The second-order valence-electron chi connectivity index (χ2n) is 8.59. The second-order valence-corrected chi connectivity index (χ2v) is 8.59. The zero-order chi connectivity index (χ0) is 25.1. The number of fused-ring (bicyclic) bond motifs is 1. The number of furan rings is 1. The van der Waals surface area contributed by atoms with Gasteiger partial charge in [0.15, 0.2) is 0 Å². The summed E-state index contributed by atoms with van der Waals surface area (Å²) in [4.78, 5) is 24.1. The summed E-state index contributed by atoms with van der Waals surface area (Å²) in [5.41, 5.74) is 7.92. The van der Waals surface area contributed by atoms with E-state index in [1.54, 1.807) is 37.6 Å². The number of carbonyl (C=O) groups is 2. The van der Waals surface area contributed by atoms with Crippen LogP contribution < -0.4 is 15.4 Å². The lowest BCUT2D eigenvalue weighted by Gasteiger charge is -2.11. The fourth-order valence-corrected chi connectivity index (χ4v) is 4.19. The third-order valence-corrected chi connectivity index (χ3v) is 5.79. The molecule has 0 saturated heterocycles. The first-order chi connectivity index (χ1) is 16.7. The van der Waals surface area contributed by atoms with E-state index in [1.807, 2.05) is 19.1 Å². The molecule has 0 aliphatic rings. The average Bonchev–Trinajstić information content (AvgIpc) is 3.20. The second kappa shape index (κ2) is 9.89. The highest BCUT2D eigenvalue weighted by molar-refractivity contribution is 6.05. The Hall–Kier alpha value is -4.32. The van der Waals surface area contributed by atoms with Gasteiger partial charge in [0, 0.05) is 47.0 Å². The molecule has 4 aromatic rings. The van der Waals surface area contributed by atoms with Gasteiger partial charge in [0.1, 0.15) is 11.3 Å². The number of anilines is 2. The van der Waals surface area contributed by atoms with E-state index in [0.717, 1.165) is 27.6 Å². The van der Waals surface area contributed by atoms with Crippen molar-refractivity contribution < 1.29 is 18.7 Å². The lowest BCUT2D eigenvalue weighted by molar-refractivity contribution is -0.114. The molecule has 1 heterocycles. The van der Waals surface area contributed by atoms with Crippen LogP contribution in [0.2, 0.25) is 0 Å². The molecule has 2 N–H and O–H groups in total. The van der Waals surface area contributed by atoms with E-state index in [-0.39, 0.29) is 11.8 Å². The lowest BCUT2D eigenvalue weighted by atomic mass is 9.96. The lowest BCUT2D eigenvalue weighted by Crippen LogP contribution is -2.10. The SMILES string of the molecule is COc1cc2occ(-c3ccc(C)cc3C)c2cc1/C(C)=C/C(=O)Nc1cccc(NC(C)=O)c1. The summed E-state index contributed by atoms with van der Waals surface area (Å²) in [7, 11) is 1.60. The number of aryl methyl sites for hydroxylation is 2. The van der Waals surface area contributed by atoms with Gasteiger partial charge in [0.25, 0.3) is 0 Å². The van der Waals surface area contributed by atoms with Crippen molar-refractivity contribution >= 4 is 39.7 Å². The van der Waals surface area contributed by atoms with Gasteiger partial charge in [-0.1, -0.05) is 29.8 Å². The molecule has 0 aliphatic heterocycles. The molecular formula is C29H28N2O4. The third-order valence-electron chi connectivity index (χ3n) is 5.79. The predicted octanol–water partition coefficient (Wildman–Crippen LogP) is 6.73. The van der Waals surface area contributed by atoms with E-state index in [0.29, 0.717) is 22.7 Å². The molecule has 0 bridgehead atoms. The molecule has 0 unspecified atom stereocenters. The van der Waals surface area contributed by atoms with Crippen molar-refractivity contribution in [2.75, 3.05) is 17.7 Å². The first-order valence-corrected chi connectivity index (χ1v) is 11.3. The molecule has 0 fully saturated rings. The number of methoxy groups -OCH3 is 1. The Kier molecular flexibility index (Phi) is 6.73. The van der Waals surface area contributed by atoms with Crippen LogP contribution in [0.3, 0.4) is 0 Å². The molecule has 2 amide bonds. The number of allylic oxidation sites excluding steroid dienone is 1. The molecule has 3 aromatic carbocycles. The van der Waals surface area contributed by atoms with Crippen molar-refractivity contribution in [1.82, 2.24) is 0 Å². The predicted molar refractivity (Wildman–Crippen MR) is 141 cm³/mol. The van der Waals surface area contributed by atoms with Gasteiger partial charge in [-0.2, -0.15) is 0 Å². The standard InChI is InChI=1S/C29H28N2O4/c1-17-9-10-23(18(2)11-17)26-16-35-28-15-27(34-5)24(14-25(26)28)19(3)12-29(33)31-22-8-6-7-21(13-22)30-20(4)32/h6-16H,1-5H3,(H,30,32)(H,31,33)/b19-12+. The van der Waals surface area contributed by atoms with Crippen LogP contribution in [0, 0.1) is 13.8 Å². The normalized spacial score (nSPS) is 11.4. The number of benzene rings is 3. The third kappa shape index (κ3) is 5.27. The molecule has 0 radical (unpaired) electrons. The van der Waals surface area contributed by atoms with E-state index in [4.69, 9.17) is 9.15 Å². The maximum Gasteiger partial charge on any atom is 0.248 e. The number of rotatable bonds is 6. The van der Waals surface area contributed by atoms with Crippen molar-refractivity contribution in [1.29, 1.82) is 0 Å². The van der Waals surface area contributed by atoms with E-state index >= 15 is 0 Å². The molecule has 0 atom stereocenters. The molecule has 0 saturated carbocycles. The van der Waals surface area contributed by atoms with Crippen molar-refractivity contribution in [2.24, 2.45) is 0 Å². The van der Waals surface area contributed by atoms with Crippen molar-refractivity contribution in [2.45, 2.75) is 27.7 Å². The highest BCUT2D eigenvalue weighted by Crippen LogP contribution is 2.38. The van der Waals surface area contributed by atoms with Crippen LogP contribution in [0.4, 0.5) is 11.4 Å². The van der Waals surface area contributed by atoms with Crippen LogP contribution in [-0.2, 0) is 9.59 Å². The quantitative estimate of drug-likeness (QED) is 0.308. The fourth-order valence-electron chi connectivity index (χ4n) is 4.19. The van der Waals surface area contributed by atoms with Gasteiger partial charge in [-0.15, -0.1) is 0 Å². The Morgan fingerprint density at radius 2 is 1.66 bits per heavy atom. The van der Waals surface area contributed by atoms with Crippen molar-refractivity contribution in [3.05, 3.63) is 83.6 Å². The molecule has 0 spiro atoms. The monoisotopic (exact) mass is 468 g/mol. The van der Waals surface area contributed by atoms with Gasteiger partial charge in [-0.25, -0.2) is 0 Å². The minimum atomic E-state index is -0.286. The topological polar surface area (TPSA) is 80.6 Å². The van der Waals surface area contributed by atoms with Crippen molar-refractivity contribution in [3.63, 3.8) is 0 Å². The number of amides is 2. The van der Waals surface area contributed by atoms with Gasteiger partial charge in [0.05, 0.1) is 13.4 Å². The zero-order valence-corrected chi connectivity index (χ0v) is 20.5. The highest BCUT2D eigenvalue weighted by Gasteiger charge is 2.16. The molecule has 35 heavy (non-hydrogen) atoms. The van der Waals surface area contributed by atoms with E-state index in [9.17, 15) is 9.59 Å². The Labute approximate surface area is 204 Å². The van der Waals surface area contributed by atoms with E-state index < -0.39 is 0 Å². The van der Waals surface area contributed by atoms with Gasteiger partial charge in [0.2, 0.25) is 11.8 Å². The zero-order valence-electron chi connectivity index (χ0n) is 20.5. The number of hydrogen-bond acceptors (Lipinski definition) is 4. The summed E-state index contributed by atoms with van der Waals surface area (Å²) in [6.45, 7) is 7.46. The summed E-state index contributed by atoms with van der Waals surface area (Å²) in [6.07, 6.45) is 3.30. The Balaban J connectivity index is 1.67. The maximum atomic E-state index is 12.8. The van der Waals surface area contributed by atoms with E-state index in [1.165, 1.54) is 24.1 Å². The van der Waals surface area contributed by atoms with Gasteiger partial charge in [-0.05, 0) is 61.7 Å². The fraction of sp³-hybridized carbons (Fsp3) is 0.172. The van der Waals surface area contributed by atoms with Crippen molar-refractivity contribution in [3.8, 4) is 16.9 Å². The van der Waals surface area contributed by atoms with Gasteiger partial charge >= 0.3 is 0 Å². The van der Waals surface area contributed by atoms with E-state index in [2.05, 4.69) is 42.7 Å². The average molecular weight is 469 g/mol.